The second-order valence-corrected chi connectivity index (χ2v) is 7.53. The van der Waals surface area contributed by atoms with Gasteiger partial charge >= 0.3 is 12.1 Å². The maximum atomic E-state index is 13.3. The summed E-state index contributed by atoms with van der Waals surface area (Å²) in [5.74, 6) is -0.750. The molecule has 0 spiro atoms. The van der Waals surface area contributed by atoms with Crippen molar-refractivity contribution in [2.75, 3.05) is 0 Å². The molecule has 180 valence electrons. The summed E-state index contributed by atoms with van der Waals surface area (Å²) in [6.45, 7) is -0.336. The van der Waals surface area contributed by atoms with Crippen LogP contribution in [0.25, 0.3) is 28.5 Å². The lowest BCUT2D eigenvalue weighted by Gasteiger charge is -2.10. The van der Waals surface area contributed by atoms with Crippen LogP contribution in [0, 0.1) is 0 Å². The molecule has 8 nitrogen and oxygen atoms in total. The molecule has 2 aromatic heterocycles. The molecule has 0 saturated heterocycles. The van der Waals surface area contributed by atoms with Gasteiger partial charge in [-0.1, -0.05) is 54.6 Å². The molecule has 11 heteroatoms. The minimum atomic E-state index is -4.55. The van der Waals surface area contributed by atoms with E-state index in [0.29, 0.717) is 11.1 Å². The van der Waals surface area contributed by atoms with E-state index in [1.165, 1.54) is 16.8 Å². The number of aromatic nitrogens is 5. The van der Waals surface area contributed by atoms with Gasteiger partial charge in [0.05, 0.1) is 11.3 Å². The fraction of sp³-hybridized carbons (Fsp3) is 0.0800. The first-order valence-electron chi connectivity index (χ1n) is 10.6. The molecule has 0 aliphatic heterocycles. The molecule has 0 aliphatic carbocycles. The van der Waals surface area contributed by atoms with Crippen LogP contribution in [0.4, 0.5) is 13.2 Å². The van der Waals surface area contributed by atoms with Crippen molar-refractivity contribution in [2.45, 2.75) is 12.8 Å². The number of rotatable bonds is 6. The zero-order valence-electron chi connectivity index (χ0n) is 18.4. The van der Waals surface area contributed by atoms with Crippen LogP contribution in [0.15, 0.2) is 89.3 Å². The zero-order valence-corrected chi connectivity index (χ0v) is 18.4. The first-order chi connectivity index (χ1) is 17.4. The van der Waals surface area contributed by atoms with E-state index in [1.807, 2.05) is 18.2 Å². The van der Waals surface area contributed by atoms with E-state index < -0.39 is 17.7 Å². The molecule has 5 rings (SSSR count). The van der Waals surface area contributed by atoms with Crippen LogP contribution in [0.1, 0.15) is 22.1 Å². The summed E-state index contributed by atoms with van der Waals surface area (Å²) in [5.41, 5.74) is 0.478. The molecular formula is C25H16F3N5O3. The molecule has 0 atom stereocenters. The molecule has 0 bridgehead atoms. The van der Waals surface area contributed by atoms with Crippen LogP contribution in [-0.4, -0.2) is 30.9 Å². The number of halogens is 3. The Kier molecular flexibility index (Phi) is 6.03. The Morgan fingerprint density at radius 3 is 2.28 bits per heavy atom. The highest BCUT2D eigenvalue weighted by Gasteiger charge is 2.31. The van der Waals surface area contributed by atoms with Gasteiger partial charge in [-0.3, -0.25) is 0 Å². The van der Waals surface area contributed by atoms with Gasteiger partial charge in [-0.25, -0.2) is 14.5 Å². The summed E-state index contributed by atoms with van der Waals surface area (Å²) in [5, 5.41) is 11.9. The van der Waals surface area contributed by atoms with E-state index in [2.05, 4.69) is 20.3 Å². The maximum absolute atomic E-state index is 13.3. The minimum Gasteiger partial charge on any atom is -0.450 e. The van der Waals surface area contributed by atoms with Crippen molar-refractivity contribution in [3.63, 3.8) is 0 Å². The van der Waals surface area contributed by atoms with Gasteiger partial charge in [0.25, 0.3) is 11.7 Å². The van der Waals surface area contributed by atoms with Crippen LogP contribution in [-0.2, 0) is 17.5 Å². The predicted molar refractivity (Wildman–Crippen MR) is 121 cm³/mol. The fourth-order valence-corrected chi connectivity index (χ4v) is 3.37. The second kappa shape index (κ2) is 9.45. The average Bonchev–Trinajstić information content (AvgIpc) is 3.56. The Morgan fingerprint density at radius 1 is 0.889 bits per heavy atom. The highest BCUT2D eigenvalue weighted by molar-refractivity contribution is 5.86. The van der Waals surface area contributed by atoms with Crippen molar-refractivity contribution in [1.29, 1.82) is 0 Å². The summed E-state index contributed by atoms with van der Waals surface area (Å²) < 4.78 is 51.7. The number of nitrogens with zero attached hydrogens (tertiary/aromatic N) is 5. The quantitative estimate of drug-likeness (QED) is 0.295. The van der Waals surface area contributed by atoms with Gasteiger partial charge in [0.1, 0.15) is 0 Å². The van der Waals surface area contributed by atoms with Crippen LogP contribution in [0.2, 0.25) is 0 Å². The van der Waals surface area contributed by atoms with Crippen LogP contribution in [0.3, 0.4) is 0 Å². The average molecular weight is 491 g/mol. The number of alkyl halides is 3. The number of hydrogen-bond donors (Lipinski definition) is 0. The highest BCUT2D eigenvalue weighted by atomic mass is 19.4. The number of ether oxygens (including phenoxy) is 1. The standard InChI is InChI=1S/C25H16F3N5O3/c26-25(27,28)18-12-7-13-19(14-18)33-22(16-8-3-1-4-9-16)29-21(32-33)24(34)35-15-20-30-31-23(36-20)17-10-5-2-6-11-17/h1-14H,15H2. The lowest BCUT2D eigenvalue weighted by molar-refractivity contribution is -0.137. The molecule has 0 unspecified atom stereocenters. The van der Waals surface area contributed by atoms with Crippen molar-refractivity contribution >= 4 is 5.97 Å². The van der Waals surface area contributed by atoms with Crippen molar-refractivity contribution in [3.8, 4) is 28.5 Å². The first-order valence-corrected chi connectivity index (χ1v) is 10.6. The number of esters is 1. The summed E-state index contributed by atoms with van der Waals surface area (Å²) >= 11 is 0. The van der Waals surface area contributed by atoms with E-state index in [0.717, 1.165) is 12.1 Å². The third-order valence-corrected chi connectivity index (χ3v) is 5.05. The van der Waals surface area contributed by atoms with Gasteiger partial charge in [0.2, 0.25) is 5.89 Å². The summed E-state index contributed by atoms with van der Waals surface area (Å²) in [6, 6.07) is 22.3. The number of benzene rings is 3. The Morgan fingerprint density at radius 2 is 1.58 bits per heavy atom. The molecule has 0 saturated carbocycles. The van der Waals surface area contributed by atoms with Gasteiger partial charge in [-0.2, -0.15) is 13.2 Å². The normalized spacial score (nSPS) is 11.4. The molecule has 0 amide bonds. The lowest BCUT2D eigenvalue weighted by Crippen LogP contribution is -2.09. The van der Waals surface area contributed by atoms with Gasteiger partial charge < -0.3 is 9.15 Å². The predicted octanol–water partition coefficient (Wildman–Crippen LogP) is 5.36. The van der Waals surface area contributed by atoms with Crippen molar-refractivity contribution < 1.29 is 27.1 Å². The molecular weight excluding hydrogens is 475 g/mol. The van der Waals surface area contributed by atoms with Crippen LogP contribution >= 0.6 is 0 Å². The molecule has 0 aliphatic rings. The van der Waals surface area contributed by atoms with Crippen molar-refractivity contribution in [1.82, 2.24) is 25.0 Å². The summed E-state index contributed by atoms with van der Waals surface area (Å²) in [6.07, 6.45) is -4.55. The highest BCUT2D eigenvalue weighted by Crippen LogP contribution is 2.31. The van der Waals surface area contributed by atoms with Crippen molar-refractivity contribution in [3.05, 3.63) is 102 Å². The summed E-state index contributed by atoms with van der Waals surface area (Å²) in [7, 11) is 0. The molecule has 36 heavy (non-hydrogen) atoms. The Bertz CT molecular complexity index is 1500. The Hall–Kier alpha value is -4.80. The van der Waals surface area contributed by atoms with Crippen LogP contribution < -0.4 is 0 Å². The monoisotopic (exact) mass is 491 g/mol. The molecule has 5 aromatic rings. The van der Waals surface area contributed by atoms with E-state index in [-0.39, 0.29) is 35.7 Å². The van der Waals surface area contributed by atoms with Crippen LogP contribution in [0.5, 0.6) is 0 Å². The smallest absolute Gasteiger partial charge is 0.416 e. The number of carbonyl (C=O) groups excluding carboxylic acids is 1. The third-order valence-electron chi connectivity index (χ3n) is 5.05. The second-order valence-electron chi connectivity index (χ2n) is 7.53. The van der Waals surface area contributed by atoms with Gasteiger partial charge in [-0.05, 0) is 30.3 Å². The third kappa shape index (κ3) is 4.85. The van der Waals surface area contributed by atoms with E-state index in [1.54, 1.807) is 42.5 Å². The van der Waals surface area contributed by atoms with E-state index in [4.69, 9.17) is 9.15 Å². The first kappa shape index (κ1) is 23.0. The van der Waals surface area contributed by atoms with E-state index in [9.17, 15) is 18.0 Å². The van der Waals surface area contributed by atoms with Crippen molar-refractivity contribution in [2.24, 2.45) is 0 Å². The SMILES string of the molecule is O=C(OCc1nnc(-c2ccccc2)o1)c1nc(-c2ccccc2)n(-c2cccc(C(F)(F)F)c2)n1. The Balaban J connectivity index is 1.42. The lowest BCUT2D eigenvalue weighted by atomic mass is 10.2. The van der Waals surface area contributed by atoms with Gasteiger partial charge in [0, 0.05) is 11.1 Å². The maximum Gasteiger partial charge on any atom is 0.416 e. The summed E-state index contributed by atoms with van der Waals surface area (Å²) in [4.78, 5) is 17.0. The molecule has 0 fully saturated rings. The van der Waals surface area contributed by atoms with Gasteiger partial charge in [-0.15, -0.1) is 15.3 Å². The zero-order chi connectivity index (χ0) is 25.1. The molecule has 0 N–H and O–H groups in total. The van der Waals surface area contributed by atoms with Gasteiger partial charge in [0.15, 0.2) is 12.4 Å². The number of hydrogen-bond acceptors (Lipinski definition) is 7. The molecule has 2 heterocycles. The minimum absolute atomic E-state index is 0.0581. The number of carbonyl (C=O) groups is 1. The topological polar surface area (TPSA) is 95.9 Å². The Labute approximate surface area is 202 Å². The molecule has 0 radical (unpaired) electrons. The van der Waals surface area contributed by atoms with E-state index >= 15 is 0 Å². The fourth-order valence-electron chi connectivity index (χ4n) is 3.37. The largest absolute Gasteiger partial charge is 0.450 e. The molecule has 3 aromatic carbocycles.